The van der Waals surface area contributed by atoms with E-state index in [1.54, 1.807) is 12.1 Å². The monoisotopic (exact) mass is 300 g/mol. The quantitative estimate of drug-likeness (QED) is 0.898. The van der Waals surface area contributed by atoms with E-state index < -0.39 is 0 Å². The highest BCUT2D eigenvalue weighted by Crippen LogP contribution is 2.20. The standard InChI is InChI=1S/C18H24N2O2/c21-17(19-13-7-1-2-8-13)15-11-5-6-12-16(15)18(22)20-14-9-3-4-10-14/h5-6,11-14H,1-4,7-10H2,(H,19,21)(H,20,22). The molecular weight excluding hydrogens is 276 g/mol. The van der Waals surface area contributed by atoms with Gasteiger partial charge in [0.1, 0.15) is 0 Å². The van der Waals surface area contributed by atoms with Crippen molar-refractivity contribution >= 4 is 11.8 Å². The molecule has 4 heteroatoms. The second kappa shape index (κ2) is 6.95. The average Bonchev–Trinajstić information content (AvgIpc) is 3.21. The van der Waals surface area contributed by atoms with Crippen LogP contribution in [0.25, 0.3) is 0 Å². The highest BCUT2D eigenvalue weighted by Gasteiger charge is 2.23. The third kappa shape index (κ3) is 3.49. The van der Waals surface area contributed by atoms with Gasteiger partial charge in [0.25, 0.3) is 11.8 Å². The number of carbonyl (C=O) groups is 2. The Morgan fingerprint density at radius 3 is 1.45 bits per heavy atom. The van der Waals surface area contributed by atoms with E-state index in [2.05, 4.69) is 10.6 Å². The molecule has 0 atom stereocenters. The van der Waals surface area contributed by atoms with Crippen molar-refractivity contribution in [2.45, 2.75) is 63.5 Å². The third-order valence-corrected chi connectivity index (χ3v) is 4.80. The fraction of sp³-hybridized carbons (Fsp3) is 0.556. The zero-order chi connectivity index (χ0) is 15.4. The molecule has 0 spiro atoms. The van der Waals surface area contributed by atoms with Gasteiger partial charge < -0.3 is 10.6 Å². The maximum Gasteiger partial charge on any atom is 0.252 e. The van der Waals surface area contributed by atoms with Crippen LogP contribution >= 0.6 is 0 Å². The molecule has 1 aromatic carbocycles. The zero-order valence-corrected chi connectivity index (χ0v) is 12.9. The van der Waals surface area contributed by atoms with Crippen LogP contribution < -0.4 is 10.6 Å². The highest BCUT2D eigenvalue weighted by atomic mass is 16.2. The summed E-state index contributed by atoms with van der Waals surface area (Å²) in [5, 5.41) is 6.13. The van der Waals surface area contributed by atoms with Gasteiger partial charge in [-0.3, -0.25) is 9.59 Å². The lowest BCUT2D eigenvalue weighted by Gasteiger charge is -2.16. The van der Waals surface area contributed by atoms with Gasteiger partial charge in [0.2, 0.25) is 0 Å². The summed E-state index contributed by atoms with van der Waals surface area (Å²) in [6.07, 6.45) is 8.88. The lowest BCUT2D eigenvalue weighted by Crippen LogP contribution is -2.36. The van der Waals surface area contributed by atoms with Crippen LogP contribution in [-0.2, 0) is 0 Å². The molecule has 1 aromatic rings. The van der Waals surface area contributed by atoms with E-state index in [0.29, 0.717) is 11.1 Å². The van der Waals surface area contributed by atoms with Crippen molar-refractivity contribution in [2.24, 2.45) is 0 Å². The first-order valence-corrected chi connectivity index (χ1v) is 8.45. The average molecular weight is 300 g/mol. The molecule has 2 aliphatic carbocycles. The maximum atomic E-state index is 12.5. The number of nitrogens with one attached hydrogen (secondary N) is 2. The molecule has 2 aliphatic rings. The molecule has 0 saturated heterocycles. The second-order valence-electron chi connectivity index (χ2n) is 6.46. The number of amides is 2. The summed E-state index contributed by atoms with van der Waals surface area (Å²) in [5.74, 6) is -0.242. The van der Waals surface area contributed by atoms with E-state index in [1.807, 2.05) is 12.1 Å². The van der Waals surface area contributed by atoms with E-state index >= 15 is 0 Å². The summed E-state index contributed by atoms with van der Waals surface area (Å²) < 4.78 is 0. The van der Waals surface area contributed by atoms with Gasteiger partial charge in [-0.05, 0) is 37.8 Å². The molecule has 2 fully saturated rings. The Hall–Kier alpha value is -1.84. The Labute approximate surface area is 131 Å². The van der Waals surface area contributed by atoms with Crippen molar-refractivity contribution in [3.05, 3.63) is 35.4 Å². The van der Waals surface area contributed by atoms with E-state index in [9.17, 15) is 9.59 Å². The molecular formula is C18H24N2O2. The van der Waals surface area contributed by atoms with Crippen LogP contribution in [0.1, 0.15) is 72.1 Å². The Morgan fingerprint density at radius 1 is 0.727 bits per heavy atom. The Morgan fingerprint density at radius 2 is 1.09 bits per heavy atom. The van der Waals surface area contributed by atoms with Crippen molar-refractivity contribution in [1.82, 2.24) is 10.6 Å². The number of carbonyl (C=O) groups excluding carboxylic acids is 2. The van der Waals surface area contributed by atoms with Crippen LogP contribution in [0.2, 0.25) is 0 Å². The Balaban J connectivity index is 1.70. The van der Waals surface area contributed by atoms with Crippen molar-refractivity contribution in [2.75, 3.05) is 0 Å². The van der Waals surface area contributed by atoms with Crippen molar-refractivity contribution in [3.8, 4) is 0 Å². The van der Waals surface area contributed by atoms with Crippen LogP contribution in [0.4, 0.5) is 0 Å². The van der Waals surface area contributed by atoms with Gasteiger partial charge in [0.15, 0.2) is 0 Å². The minimum absolute atomic E-state index is 0.121. The first-order chi connectivity index (χ1) is 10.7. The summed E-state index contributed by atoms with van der Waals surface area (Å²) >= 11 is 0. The molecule has 2 amide bonds. The van der Waals surface area contributed by atoms with Crippen LogP contribution in [0, 0.1) is 0 Å². The molecule has 4 nitrogen and oxygen atoms in total. The second-order valence-corrected chi connectivity index (χ2v) is 6.46. The van der Waals surface area contributed by atoms with Gasteiger partial charge in [0, 0.05) is 12.1 Å². The molecule has 0 aliphatic heterocycles. The first-order valence-electron chi connectivity index (χ1n) is 8.45. The number of hydrogen-bond donors (Lipinski definition) is 2. The van der Waals surface area contributed by atoms with E-state index in [0.717, 1.165) is 25.7 Å². The maximum absolute atomic E-state index is 12.5. The number of hydrogen-bond acceptors (Lipinski definition) is 2. The van der Waals surface area contributed by atoms with Gasteiger partial charge in [-0.15, -0.1) is 0 Å². The van der Waals surface area contributed by atoms with Gasteiger partial charge in [0.05, 0.1) is 11.1 Å². The third-order valence-electron chi connectivity index (χ3n) is 4.80. The van der Waals surface area contributed by atoms with Crippen LogP contribution in [0.15, 0.2) is 24.3 Å². The number of benzene rings is 1. The van der Waals surface area contributed by atoms with Crippen LogP contribution in [0.3, 0.4) is 0 Å². The largest absolute Gasteiger partial charge is 0.349 e. The van der Waals surface area contributed by atoms with Gasteiger partial charge in [-0.2, -0.15) is 0 Å². The molecule has 3 rings (SSSR count). The Bertz CT molecular complexity index is 495. The topological polar surface area (TPSA) is 58.2 Å². The molecule has 0 unspecified atom stereocenters. The normalized spacial score (nSPS) is 19.3. The first kappa shape index (κ1) is 15.1. The lowest BCUT2D eigenvalue weighted by molar-refractivity contribution is 0.0903. The molecule has 118 valence electrons. The predicted octanol–water partition coefficient (Wildman–Crippen LogP) is 3.03. The van der Waals surface area contributed by atoms with Gasteiger partial charge in [-0.25, -0.2) is 0 Å². The summed E-state index contributed by atoms with van der Waals surface area (Å²) in [6.45, 7) is 0. The molecule has 2 N–H and O–H groups in total. The molecule has 2 saturated carbocycles. The Kier molecular flexibility index (Phi) is 4.76. The van der Waals surface area contributed by atoms with Crippen molar-refractivity contribution < 1.29 is 9.59 Å². The minimum Gasteiger partial charge on any atom is -0.349 e. The minimum atomic E-state index is -0.121. The van der Waals surface area contributed by atoms with Crippen molar-refractivity contribution in [1.29, 1.82) is 0 Å². The summed E-state index contributed by atoms with van der Waals surface area (Å²) in [6, 6.07) is 7.64. The summed E-state index contributed by atoms with van der Waals surface area (Å²) in [4.78, 5) is 24.9. The number of rotatable bonds is 4. The summed E-state index contributed by atoms with van der Waals surface area (Å²) in [7, 11) is 0. The van der Waals surface area contributed by atoms with E-state index in [4.69, 9.17) is 0 Å². The molecule has 0 radical (unpaired) electrons. The molecule has 0 aromatic heterocycles. The van der Waals surface area contributed by atoms with Gasteiger partial charge >= 0.3 is 0 Å². The van der Waals surface area contributed by atoms with Crippen molar-refractivity contribution in [3.63, 3.8) is 0 Å². The zero-order valence-electron chi connectivity index (χ0n) is 12.9. The van der Waals surface area contributed by atoms with E-state index in [1.165, 1.54) is 25.7 Å². The van der Waals surface area contributed by atoms with E-state index in [-0.39, 0.29) is 23.9 Å². The summed E-state index contributed by atoms with van der Waals surface area (Å²) in [5.41, 5.74) is 0.981. The smallest absolute Gasteiger partial charge is 0.252 e. The molecule has 22 heavy (non-hydrogen) atoms. The highest BCUT2D eigenvalue weighted by molar-refractivity contribution is 6.07. The fourth-order valence-corrected chi connectivity index (χ4v) is 3.55. The molecule has 0 bridgehead atoms. The lowest BCUT2D eigenvalue weighted by atomic mass is 10.0. The van der Waals surface area contributed by atoms with Gasteiger partial charge in [-0.1, -0.05) is 37.8 Å². The predicted molar refractivity (Wildman–Crippen MR) is 85.9 cm³/mol. The fourth-order valence-electron chi connectivity index (χ4n) is 3.55. The van der Waals surface area contributed by atoms with Crippen LogP contribution in [0.5, 0.6) is 0 Å². The molecule has 0 heterocycles. The van der Waals surface area contributed by atoms with Crippen LogP contribution in [-0.4, -0.2) is 23.9 Å². The SMILES string of the molecule is O=C(NC1CCCC1)c1ccccc1C(=O)NC1CCCC1.